The molecule has 1 aliphatic heterocycles. The molecule has 0 aromatic rings. The molecular weight excluding hydrogens is 248 g/mol. The van der Waals surface area contributed by atoms with E-state index >= 15 is 0 Å². The Kier molecular flexibility index (Phi) is 5.86. The Labute approximate surface area is 112 Å². The van der Waals surface area contributed by atoms with E-state index in [1.165, 1.54) is 4.90 Å². The number of hydrogen-bond acceptors (Lipinski definition) is 4. The van der Waals surface area contributed by atoms with Gasteiger partial charge in [0.2, 0.25) is 11.8 Å². The largest absolute Gasteiger partial charge is 0.466 e. The zero-order valence-electron chi connectivity index (χ0n) is 11.0. The number of amides is 2. The van der Waals surface area contributed by atoms with E-state index in [0.29, 0.717) is 13.0 Å². The van der Waals surface area contributed by atoms with Crippen molar-refractivity contribution in [1.29, 1.82) is 0 Å². The molecule has 6 nitrogen and oxygen atoms in total. The molecule has 0 spiro atoms. The fraction of sp³-hybridized carbons (Fsp3) is 0.615. The number of ether oxygens (including phenoxy) is 1. The highest BCUT2D eigenvalue weighted by atomic mass is 16.5. The second kappa shape index (κ2) is 7.41. The van der Waals surface area contributed by atoms with Crippen molar-refractivity contribution in [3.05, 3.63) is 0 Å². The lowest BCUT2D eigenvalue weighted by Gasteiger charge is -2.17. The Morgan fingerprint density at radius 3 is 2.84 bits per heavy atom. The minimum Gasteiger partial charge on any atom is -0.466 e. The molecule has 0 aromatic heterocycles. The predicted molar refractivity (Wildman–Crippen MR) is 67.8 cm³/mol. The van der Waals surface area contributed by atoms with Gasteiger partial charge in [-0.05, 0) is 13.3 Å². The average molecular weight is 266 g/mol. The van der Waals surface area contributed by atoms with Crippen molar-refractivity contribution in [3.8, 4) is 12.3 Å². The normalized spacial score (nSPS) is 15.8. The number of nitrogens with zero attached hydrogens (tertiary/aromatic N) is 1. The van der Waals surface area contributed by atoms with Crippen molar-refractivity contribution in [2.45, 2.75) is 32.2 Å². The van der Waals surface area contributed by atoms with Gasteiger partial charge in [0.05, 0.1) is 19.6 Å². The van der Waals surface area contributed by atoms with Crippen LogP contribution in [0.5, 0.6) is 0 Å². The number of carbonyl (C=O) groups is 3. The molecule has 0 aliphatic carbocycles. The molecule has 6 heteroatoms. The molecule has 2 amide bonds. The topological polar surface area (TPSA) is 75.7 Å². The maximum absolute atomic E-state index is 11.7. The monoisotopic (exact) mass is 266 g/mol. The summed E-state index contributed by atoms with van der Waals surface area (Å²) in [5, 5.41) is 2.53. The van der Waals surface area contributed by atoms with E-state index in [0.717, 1.165) is 6.42 Å². The van der Waals surface area contributed by atoms with E-state index in [1.54, 1.807) is 6.92 Å². The van der Waals surface area contributed by atoms with E-state index < -0.39 is 12.0 Å². The minimum atomic E-state index is -0.704. The molecule has 0 aromatic carbocycles. The highest BCUT2D eigenvalue weighted by Crippen LogP contribution is 2.08. The van der Waals surface area contributed by atoms with Gasteiger partial charge in [0, 0.05) is 13.0 Å². The van der Waals surface area contributed by atoms with E-state index in [4.69, 9.17) is 11.2 Å². The molecule has 1 aliphatic rings. The molecule has 1 atom stereocenters. The van der Waals surface area contributed by atoms with Crippen molar-refractivity contribution in [2.24, 2.45) is 0 Å². The summed E-state index contributed by atoms with van der Waals surface area (Å²) in [5.74, 6) is 1.48. The van der Waals surface area contributed by atoms with Crippen LogP contribution in [0, 0.1) is 12.3 Å². The Morgan fingerprint density at radius 1 is 1.58 bits per heavy atom. The molecule has 1 saturated heterocycles. The molecule has 1 N–H and O–H groups in total. The van der Waals surface area contributed by atoms with Gasteiger partial charge in [-0.25, -0.2) is 0 Å². The zero-order valence-corrected chi connectivity index (χ0v) is 11.0. The fourth-order valence-electron chi connectivity index (χ4n) is 1.82. The second-order valence-electron chi connectivity index (χ2n) is 4.21. The van der Waals surface area contributed by atoms with Crippen molar-refractivity contribution < 1.29 is 19.1 Å². The Balaban J connectivity index is 2.38. The first kappa shape index (κ1) is 15.0. The van der Waals surface area contributed by atoms with Crippen LogP contribution in [0.4, 0.5) is 0 Å². The van der Waals surface area contributed by atoms with E-state index in [2.05, 4.69) is 11.2 Å². The van der Waals surface area contributed by atoms with Crippen LogP contribution in [0.1, 0.15) is 26.2 Å². The van der Waals surface area contributed by atoms with E-state index in [-0.39, 0.29) is 31.4 Å². The van der Waals surface area contributed by atoms with Crippen molar-refractivity contribution in [3.63, 3.8) is 0 Å². The first-order chi connectivity index (χ1) is 9.06. The number of esters is 1. The molecule has 0 bridgehead atoms. The van der Waals surface area contributed by atoms with Gasteiger partial charge in [-0.1, -0.05) is 5.92 Å². The SMILES string of the molecule is C#C[C@H](CC(=O)OCC)NC(=O)CN1CCCC1=O. The first-order valence-electron chi connectivity index (χ1n) is 6.25. The third kappa shape index (κ3) is 5.00. The highest BCUT2D eigenvalue weighted by Gasteiger charge is 2.23. The molecule has 0 radical (unpaired) electrons. The third-order valence-electron chi connectivity index (χ3n) is 2.72. The number of hydrogen-bond donors (Lipinski definition) is 1. The molecule has 19 heavy (non-hydrogen) atoms. The molecule has 0 unspecified atom stereocenters. The molecule has 1 heterocycles. The van der Waals surface area contributed by atoms with Crippen LogP contribution in [0.3, 0.4) is 0 Å². The van der Waals surface area contributed by atoms with Crippen molar-refractivity contribution >= 4 is 17.8 Å². The van der Waals surface area contributed by atoms with E-state index in [1.807, 2.05) is 0 Å². The van der Waals surface area contributed by atoms with Gasteiger partial charge in [0.15, 0.2) is 0 Å². The van der Waals surface area contributed by atoms with Gasteiger partial charge in [-0.2, -0.15) is 0 Å². The van der Waals surface area contributed by atoms with Crippen LogP contribution < -0.4 is 5.32 Å². The zero-order chi connectivity index (χ0) is 14.3. The Bertz CT molecular complexity index is 400. The molecule has 1 rings (SSSR count). The number of nitrogens with one attached hydrogen (secondary N) is 1. The van der Waals surface area contributed by atoms with Crippen LogP contribution in [0.2, 0.25) is 0 Å². The predicted octanol–water partition coefficient (Wildman–Crippen LogP) is -0.320. The fourth-order valence-corrected chi connectivity index (χ4v) is 1.82. The first-order valence-corrected chi connectivity index (χ1v) is 6.25. The minimum absolute atomic E-state index is 0.0140. The van der Waals surface area contributed by atoms with Crippen molar-refractivity contribution in [1.82, 2.24) is 10.2 Å². The van der Waals surface area contributed by atoms with Crippen LogP contribution in [0.25, 0.3) is 0 Å². The summed E-state index contributed by atoms with van der Waals surface area (Å²) in [6.07, 6.45) is 6.43. The van der Waals surface area contributed by atoms with Crippen LogP contribution in [-0.2, 0) is 19.1 Å². The number of carbonyl (C=O) groups excluding carboxylic acids is 3. The standard InChI is InChI=1S/C13H18N2O4/c1-3-10(8-13(18)19-4-2)14-11(16)9-15-7-5-6-12(15)17/h1,10H,4-9H2,2H3,(H,14,16)/t10-/m1/s1. The summed E-state index contributed by atoms with van der Waals surface area (Å²) < 4.78 is 4.76. The number of rotatable bonds is 6. The van der Waals surface area contributed by atoms with Crippen molar-refractivity contribution in [2.75, 3.05) is 19.7 Å². The Hall–Kier alpha value is -2.03. The lowest BCUT2D eigenvalue weighted by molar-refractivity contribution is -0.143. The molecular formula is C13H18N2O4. The maximum Gasteiger partial charge on any atom is 0.308 e. The van der Waals surface area contributed by atoms with E-state index in [9.17, 15) is 14.4 Å². The Morgan fingerprint density at radius 2 is 2.32 bits per heavy atom. The van der Waals surface area contributed by atoms with Gasteiger partial charge in [0.1, 0.15) is 6.04 Å². The summed E-state index contributed by atoms with van der Waals surface area (Å²) in [7, 11) is 0. The summed E-state index contributed by atoms with van der Waals surface area (Å²) in [4.78, 5) is 35.8. The average Bonchev–Trinajstić information content (AvgIpc) is 2.74. The van der Waals surface area contributed by atoms with Crippen LogP contribution in [-0.4, -0.2) is 48.4 Å². The molecule has 1 fully saturated rings. The number of terminal acetylenes is 1. The van der Waals surface area contributed by atoms with Gasteiger partial charge in [0.25, 0.3) is 0 Å². The summed E-state index contributed by atoms with van der Waals surface area (Å²) in [6, 6.07) is -0.704. The molecule has 0 saturated carbocycles. The van der Waals surface area contributed by atoms with Gasteiger partial charge in [-0.15, -0.1) is 6.42 Å². The summed E-state index contributed by atoms with van der Waals surface area (Å²) in [6.45, 7) is 2.54. The lowest BCUT2D eigenvalue weighted by atomic mass is 10.2. The number of likely N-dealkylation sites (tertiary alicyclic amines) is 1. The van der Waals surface area contributed by atoms with Gasteiger partial charge >= 0.3 is 5.97 Å². The lowest BCUT2D eigenvalue weighted by Crippen LogP contribution is -2.42. The van der Waals surface area contributed by atoms with Gasteiger partial charge < -0.3 is 15.0 Å². The smallest absolute Gasteiger partial charge is 0.308 e. The van der Waals surface area contributed by atoms with Crippen LogP contribution >= 0.6 is 0 Å². The highest BCUT2D eigenvalue weighted by molar-refractivity contribution is 5.86. The summed E-state index contributed by atoms with van der Waals surface area (Å²) >= 11 is 0. The maximum atomic E-state index is 11.7. The molecule has 104 valence electrons. The van der Waals surface area contributed by atoms with Gasteiger partial charge in [-0.3, -0.25) is 14.4 Å². The quantitative estimate of drug-likeness (QED) is 0.528. The second-order valence-corrected chi connectivity index (χ2v) is 4.21. The van der Waals surface area contributed by atoms with Crippen LogP contribution in [0.15, 0.2) is 0 Å². The summed E-state index contributed by atoms with van der Waals surface area (Å²) in [5.41, 5.74) is 0. The third-order valence-corrected chi connectivity index (χ3v) is 2.72.